The first-order valence-corrected chi connectivity index (χ1v) is 9.63. The maximum absolute atomic E-state index is 12.2. The average molecular weight is 414 g/mol. The molecule has 0 spiro atoms. The second-order valence-electron chi connectivity index (χ2n) is 6.84. The molecule has 4 unspecified atom stereocenters. The van der Waals surface area contributed by atoms with Gasteiger partial charge in [0, 0.05) is 0 Å². The first-order chi connectivity index (χ1) is 14.7. The predicted octanol–water partition coefficient (Wildman–Crippen LogP) is 2.18. The third-order valence-electron chi connectivity index (χ3n) is 4.92. The Bertz CT molecular complexity index is 769. The summed E-state index contributed by atoms with van der Waals surface area (Å²) >= 11 is 0. The van der Waals surface area contributed by atoms with Crippen molar-refractivity contribution in [3.8, 4) is 0 Å². The van der Waals surface area contributed by atoms with Gasteiger partial charge in [-0.05, 0) is 24.3 Å². The zero-order valence-electron chi connectivity index (χ0n) is 16.2. The number of carbonyl (C=O) groups excluding carboxylic acids is 2. The number of hydrogen-bond donors (Lipinski definition) is 0. The lowest BCUT2D eigenvalue weighted by Gasteiger charge is -2.25. The number of carbonyl (C=O) groups is 2. The Labute approximate surface area is 173 Å². The van der Waals surface area contributed by atoms with E-state index >= 15 is 0 Å². The second-order valence-corrected chi connectivity index (χ2v) is 6.84. The van der Waals surface area contributed by atoms with Crippen molar-refractivity contribution in [3.05, 3.63) is 71.8 Å². The van der Waals surface area contributed by atoms with Crippen LogP contribution in [0.15, 0.2) is 60.7 Å². The summed E-state index contributed by atoms with van der Waals surface area (Å²) in [7, 11) is 0. The summed E-state index contributed by atoms with van der Waals surface area (Å²) in [6.45, 7) is 0.118. The summed E-state index contributed by atoms with van der Waals surface area (Å²) in [5, 5.41) is 0. The average Bonchev–Trinajstić information content (AvgIpc) is 3.45. The Morgan fingerprint density at radius 2 is 1.07 bits per heavy atom. The van der Waals surface area contributed by atoms with Crippen LogP contribution in [-0.2, 0) is 28.4 Å². The highest BCUT2D eigenvalue weighted by atomic mass is 16.8. The van der Waals surface area contributed by atoms with Crippen molar-refractivity contribution in [2.45, 2.75) is 24.4 Å². The van der Waals surface area contributed by atoms with E-state index in [-0.39, 0.29) is 26.8 Å². The van der Waals surface area contributed by atoms with Gasteiger partial charge in [0.2, 0.25) is 0 Å². The molecule has 4 rings (SSSR count). The van der Waals surface area contributed by atoms with Crippen LogP contribution < -0.4 is 0 Å². The van der Waals surface area contributed by atoms with Crippen LogP contribution >= 0.6 is 0 Å². The van der Waals surface area contributed by atoms with Crippen LogP contribution in [0.1, 0.15) is 20.7 Å². The summed E-state index contributed by atoms with van der Waals surface area (Å²) < 4.78 is 33.2. The van der Waals surface area contributed by atoms with E-state index in [2.05, 4.69) is 0 Å². The lowest BCUT2D eigenvalue weighted by atomic mass is 10.0. The zero-order chi connectivity index (χ0) is 20.8. The van der Waals surface area contributed by atoms with Crippen molar-refractivity contribution in [3.63, 3.8) is 0 Å². The number of benzene rings is 2. The smallest absolute Gasteiger partial charge is 0.338 e. The largest absolute Gasteiger partial charge is 0.459 e. The Kier molecular flexibility index (Phi) is 6.70. The molecule has 0 saturated carbocycles. The molecule has 4 atom stereocenters. The van der Waals surface area contributed by atoms with Crippen LogP contribution in [-0.4, -0.2) is 63.2 Å². The number of rotatable bonds is 7. The molecule has 158 valence electrons. The van der Waals surface area contributed by atoms with Crippen molar-refractivity contribution < 1.29 is 38.0 Å². The zero-order valence-corrected chi connectivity index (χ0v) is 16.2. The van der Waals surface area contributed by atoms with Crippen molar-refractivity contribution in [2.75, 3.05) is 26.8 Å². The number of ether oxygens (including phenoxy) is 6. The van der Waals surface area contributed by atoms with Crippen molar-refractivity contribution in [2.24, 2.45) is 0 Å². The van der Waals surface area contributed by atoms with Crippen LogP contribution in [0, 0.1) is 0 Å². The maximum Gasteiger partial charge on any atom is 0.338 e. The van der Waals surface area contributed by atoms with Crippen LogP contribution in [0.25, 0.3) is 0 Å². The molecule has 8 heteroatoms. The molecule has 2 saturated heterocycles. The maximum atomic E-state index is 12.2. The fourth-order valence-corrected chi connectivity index (χ4v) is 3.34. The first kappa shape index (κ1) is 20.5. The van der Waals surface area contributed by atoms with Gasteiger partial charge < -0.3 is 28.4 Å². The lowest BCUT2D eigenvalue weighted by molar-refractivity contribution is -0.0418. The quantitative estimate of drug-likeness (QED) is 0.637. The lowest BCUT2D eigenvalue weighted by Crippen LogP contribution is -2.45. The van der Waals surface area contributed by atoms with E-state index in [1.165, 1.54) is 0 Å². The van der Waals surface area contributed by atoms with Gasteiger partial charge in [-0.1, -0.05) is 36.4 Å². The molecule has 2 aliphatic heterocycles. The summed E-state index contributed by atoms with van der Waals surface area (Å²) in [5.41, 5.74) is 0.915. The van der Waals surface area contributed by atoms with Gasteiger partial charge in [-0.2, -0.15) is 0 Å². The van der Waals surface area contributed by atoms with Gasteiger partial charge in [0.1, 0.15) is 51.2 Å². The second kappa shape index (κ2) is 9.82. The van der Waals surface area contributed by atoms with Gasteiger partial charge in [0.15, 0.2) is 0 Å². The van der Waals surface area contributed by atoms with Crippen molar-refractivity contribution >= 4 is 11.9 Å². The highest BCUT2D eigenvalue weighted by Crippen LogP contribution is 2.26. The van der Waals surface area contributed by atoms with E-state index < -0.39 is 36.4 Å². The van der Waals surface area contributed by atoms with Crippen LogP contribution in [0.2, 0.25) is 0 Å². The summed E-state index contributed by atoms with van der Waals surface area (Å²) in [6, 6.07) is 17.4. The highest BCUT2D eigenvalue weighted by Gasteiger charge is 2.45. The van der Waals surface area contributed by atoms with Gasteiger partial charge >= 0.3 is 11.9 Å². The monoisotopic (exact) mass is 414 g/mol. The third-order valence-corrected chi connectivity index (χ3v) is 4.92. The van der Waals surface area contributed by atoms with Crippen molar-refractivity contribution in [1.82, 2.24) is 0 Å². The highest BCUT2D eigenvalue weighted by molar-refractivity contribution is 5.89. The Hall–Kier alpha value is -2.78. The van der Waals surface area contributed by atoms with Crippen LogP contribution in [0.3, 0.4) is 0 Å². The molecule has 2 heterocycles. The van der Waals surface area contributed by atoms with E-state index in [4.69, 9.17) is 28.4 Å². The molecule has 8 nitrogen and oxygen atoms in total. The molecule has 0 radical (unpaired) electrons. The summed E-state index contributed by atoms with van der Waals surface area (Å²) in [4.78, 5) is 24.3. The summed E-state index contributed by atoms with van der Waals surface area (Å²) in [5.74, 6) is -0.886. The Balaban J connectivity index is 1.31. The number of hydrogen-bond acceptors (Lipinski definition) is 8. The molecule has 2 aliphatic rings. The van der Waals surface area contributed by atoms with Crippen LogP contribution in [0.4, 0.5) is 0 Å². The van der Waals surface area contributed by atoms with E-state index in [1.54, 1.807) is 48.5 Å². The predicted molar refractivity (Wildman–Crippen MR) is 103 cm³/mol. The molecule has 30 heavy (non-hydrogen) atoms. The molecule has 2 aromatic carbocycles. The van der Waals surface area contributed by atoms with Crippen molar-refractivity contribution in [1.29, 1.82) is 0 Å². The van der Waals surface area contributed by atoms with Gasteiger partial charge in [-0.15, -0.1) is 0 Å². The Morgan fingerprint density at radius 1 is 0.667 bits per heavy atom. The molecule has 2 fully saturated rings. The third kappa shape index (κ3) is 4.85. The Morgan fingerprint density at radius 3 is 1.47 bits per heavy atom. The molecule has 2 aromatic rings. The van der Waals surface area contributed by atoms with Gasteiger partial charge in [0.05, 0.1) is 11.1 Å². The van der Waals surface area contributed by atoms with Crippen LogP contribution in [0.5, 0.6) is 0 Å². The SMILES string of the molecule is O=C(OCC1OCOC1C1OCOC1COC(=O)c1ccccc1)c1ccccc1. The van der Waals surface area contributed by atoms with E-state index in [1.807, 2.05) is 12.1 Å². The molecule has 0 bridgehead atoms. The normalized spacial score (nSPS) is 25.7. The van der Waals surface area contributed by atoms with Gasteiger partial charge in [0.25, 0.3) is 0 Å². The standard InChI is InChI=1S/C22H22O8/c23-21(15-7-3-1-4-8-15)25-11-17-19(29-13-27-17)20-18(28-14-30-20)12-26-22(24)16-9-5-2-6-10-16/h1-10,17-20H,11-14H2. The van der Waals surface area contributed by atoms with Gasteiger partial charge in [-0.3, -0.25) is 0 Å². The van der Waals surface area contributed by atoms with Gasteiger partial charge in [-0.25, -0.2) is 9.59 Å². The van der Waals surface area contributed by atoms with E-state index in [9.17, 15) is 9.59 Å². The van der Waals surface area contributed by atoms with E-state index in [0.29, 0.717) is 11.1 Å². The summed E-state index contributed by atoms with van der Waals surface area (Å²) in [6.07, 6.45) is -2.07. The minimum Gasteiger partial charge on any atom is -0.459 e. The number of esters is 2. The molecule has 0 N–H and O–H groups in total. The minimum absolute atomic E-state index is 0.00871. The first-order valence-electron chi connectivity index (χ1n) is 9.63. The fraction of sp³-hybridized carbons (Fsp3) is 0.364. The molecule has 0 aromatic heterocycles. The minimum atomic E-state index is -0.517. The molecule has 0 aliphatic carbocycles. The molecule has 0 amide bonds. The topological polar surface area (TPSA) is 89.5 Å². The fourth-order valence-electron chi connectivity index (χ4n) is 3.34. The molecular formula is C22H22O8. The molecular weight excluding hydrogens is 392 g/mol. The van der Waals surface area contributed by atoms with E-state index in [0.717, 1.165) is 0 Å².